The Labute approximate surface area is 135 Å². The number of methoxy groups -OCH3 is 3. The van der Waals surface area contributed by atoms with Gasteiger partial charge in [0.25, 0.3) is 0 Å². The quantitative estimate of drug-likeness (QED) is 0.859. The smallest absolute Gasteiger partial charge is 0.319 e. The first-order chi connectivity index (χ1) is 11.2. The molecule has 2 rings (SSSR count). The van der Waals surface area contributed by atoms with Gasteiger partial charge in [-0.3, -0.25) is 0 Å². The average molecular weight is 316 g/mol. The first kappa shape index (κ1) is 16.5. The molecule has 6 nitrogen and oxygen atoms in total. The second-order valence-corrected chi connectivity index (χ2v) is 4.70. The Morgan fingerprint density at radius 2 is 1.61 bits per heavy atom. The number of hydrogen-bond acceptors (Lipinski definition) is 4. The summed E-state index contributed by atoms with van der Waals surface area (Å²) < 4.78 is 15.6. The molecule has 0 aromatic heterocycles. The van der Waals surface area contributed by atoms with Crippen molar-refractivity contribution < 1.29 is 19.0 Å². The zero-order valence-electron chi connectivity index (χ0n) is 13.4. The molecular weight excluding hydrogens is 296 g/mol. The molecular formula is C17H20N2O4. The highest BCUT2D eigenvalue weighted by atomic mass is 16.5. The molecule has 0 spiro atoms. The standard InChI is InChI=1S/C17H20N2O4/c1-21-14-7-5-4-6-13(14)19-17(20)18-11-12-8-9-15(22-2)16(10-12)23-3/h4-10H,11H2,1-3H3,(H2,18,19,20). The first-order valence-corrected chi connectivity index (χ1v) is 7.06. The molecule has 0 heterocycles. The first-order valence-electron chi connectivity index (χ1n) is 7.06. The van der Waals surface area contributed by atoms with Gasteiger partial charge in [0, 0.05) is 6.54 Å². The predicted molar refractivity (Wildman–Crippen MR) is 88.4 cm³/mol. The van der Waals surface area contributed by atoms with Crippen LogP contribution < -0.4 is 24.8 Å². The maximum Gasteiger partial charge on any atom is 0.319 e. The normalized spacial score (nSPS) is 9.87. The molecule has 0 aliphatic carbocycles. The van der Waals surface area contributed by atoms with Crippen molar-refractivity contribution in [3.05, 3.63) is 48.0 Å². The van der Waals surface area contributed by atoms with Crippen LogP contribution in [0.1, 0.15) is 5.56 Å². The van der Waals surface area contributed by atoms with Gasteiger partial charge in [0.2, 0.25) is 0 Å². The number of anilines is 1. The highest BCUT2D eigenvalue weighted by Crippen LogP contribution is 2.27. The summed E-state index contributed by atoms with van der Waals surface area (Å²) in [5, 5.41) is 5.54. The van der Waals surface area contributed by atoms with Crippen molar-refractivity contribution in [3.8, 4) is 17.2 Å². The Morgan fingerprint density at radius 3 is 2.30 bits per heavy atom. The van der Waals surface area contributed by atoms with Gasteiger partial charge in [-0.1, -0.05) is 18.2 Å². The number of rotatable bonds is 6. The summed E-state index contributed by atoms with van der Waals surface area (Å²) in [6, 6.07) is 12.4. The number of urea groups is 1. The Kier molecular flexibility index (Phi) is 5.68. The van der Waals surface area contributed by atoms with Crippen molar-refractivity contribution in [1.82, 2.24) is 5.32 Å². The monoisotopic (exact) mass is 316 g/mol. The molecule has 2 amide bonds. The molecule has 0 saturated carbocycles. The van der Waals surface area contributed by atoms with Crippen molar-refractivity contribution in [1.29, 1.82) is 0 Å². The van der Waals surface area contributed by atoms with Gasteiger partial charge in [-0.2, -0.15) is 0 Å². The fraction of sp³-hybridized carbons (Fsp3) is 0.235. The summed E-state index contributed by atoms with van der Waals surface area (Å²) in [6.45, 7) is 0.362. The SMILES string of the molecule is COc1ccccc1NC(=O)NCc1ccc(OC)c(OC)c1. The lowest BCUT2D eigenvalue weighted by Crippen LogP contribution is -2.28. The van der Waals surface area contributed by atoms with Crippen LogP contribution in [0.25, 0.3) is 0 Å². The van der Waals surface area contributed by atoms with Crippen molar-refractivity contribution in [2.45, 2.75) is 6.54 Å². The van der Waals surface area contributed by atoms with Gasteiger partial charge in [-0.25, -0.2) is 4.79 Å². The summed E-state index contributed by atoms with van der Waals surface area (Å²) in [6.07, 6.45) is 0. The lowest BCUT2D eigenvalue weighted by molar-refractivity contribution is 0.251. The van der Waals surface area contributed by atoms with E-state index in [1.54, 1.807) is 39.5 Å². The number of benzene rings is 2. The number of ether oxygens (including phenoxy) is 3. The molecule has 6 heteroatoms. The summed E-state index contributed by atoms with van der Waals surface area (Å²) in [5.74, 6) is 1.88. The molecule has 0 aliphatic rings. The van der Waals surface area contributed by atoms with E-state index in [2.05, 4.69) is 10.6 Å². The molecule has 0 bridgehead atoms. The van der Waals surface area contributed by atoms with E-state index >= 15 is 0 Å². The number of carbonyl (C=O) groups excluding carboxylic acids is 1. The lowest BCUT2D eigenvalue weighted by atomic mass is 10.2. The van der Waals surface area contributed by atoms with Gasteiger partial charge in [-0.05, 0) is 29.8 Å². The third kappa shape index (κ3) is 4.29. The molecule has 0 aliphatic heterocycles. The van der Waals surface area contributed by atoms with Crippen molar-refractivity contribution in [3.63, 3.8) is 0 Å². The van der Waals surface area contributed by atoms with E-state index in [1.165, 1.54) is 0 Å². The van der Waals surface area contributed by atoms with E-state index in [1.807, 2.05) is 24.3 Å². The van der Waals surface area contributed by atoms with Gasteiger partial charge in [0.05, 0.1) is 27.0 Å². The van der Waals surface area contributed by atoms with Gasteiger partial charge in [0.15, 0.2) is 11.5 Å². The summed E-state index contributed by atoms with van der Waals surface area (Å²) in [5.41, 5.74) is 1.51. The largest absolute Gasteiger partial charge is 0.495 e. The number of para-hydroxylation sites is 2. The van der Waals surface area contributed by atoms with Gasteiger partial charge in [0.1, 0.15) is 5.75 Å². The Bertz CT molecular complexity index is 673. The minimum atomic E-state index is -0.315. The van der Waals surface area contributed by atoms with Gasteiger partial charge >= 0.3 is 6.03 Å². The summed E-state index contributed by atoms with van der Waals surface area (Å²) in [7, 11) is 4.71. The average Bonchev–Trinajstić information content (AvgIpc) is 2.60. The van der Waals surface area contributed by atoms with E-state index in [0.29, 0.717) is 29.5 Å². The Balaban J connectivity index is 1.96. The van der Waals surface area contributed by atoms with E-state index in [9.17, 15) is 4.79 Å². The molecule has 0 atom stereocenters. The minimum Gasteiger partial charge on any atom is -0.495 e. The molecule has 23 heavy (non-hydrogen) atoms. The van der Waals surface area contributed by atoms with Crippen LogP contribution in [-0.2, 0) is 6.54 Å². The minimum absolute atomic E-state index is 0.315. The Morgan fingerprint density at radius 1 is 0.913 bits per heavy atom. The molecule has 122 valence electrons. The van der Waals surface area contributed by atoms with Crippen LogP contribution in [0.5, 0.6) is 17.2 Å². The van der Waals surface area contributed by atoms with Crippen molar-refractivity contribution in [2.75, 3.05) is 26.6 Å². The van der Waals surface area contributed by atoms with E-state index < -0.39 is 0 Å². The van der Waals surface area contributed by atoms with Crippen LogP contribution in [0.2, 0.25) is 0 Å². The van der Waals surface area contributed by atoms with E-state index in [0.717, 1.165) is 5.56 Å². The number of carbonyl (C=O) groups is 1. The molecule has 2 aromatic carbocycles. The zero-order chi connectivity index (χ0) is 16.7. The maximum atomic E-state index is 12.0. The van der Waals surface area contributed by atoms with E-state index in [4.69, 9.17) is 14.2 Å². The van der Waals surface area contributed by atoms with Crippen LogP contribution in [0.15, 0.2) is 42.5 Å². The van der Waals surface area contributed by atoms with Crippen LogP contribution in [0.3, 0.4) is 0 Å². The van der Waals surface area contributed by atoms with Crippen LogP contribution in [0.4, 0.5) is 10.5 Å². The summed E-state index contributed by atoms with van der Waals surface area (Å²) in [4.78, 5) is 12.0. The molecule has 0 unspecified atom stereocenters. The third-order valence-corrected chi connectivity index (χ3v) is 3.26. The molecule has 2 aromatic rings. The van der Waals surface area contributed by atoms with E-state index in [-0.39, 0.29) is 6.03 Å². The predicted octanol–water partition coefficient (Wildman–Crippen LogP) is 3.03. The lowest BCUT2D eigenvalue weighted by Gasteiger charge is -2.12. The van der Waals surface area contributed by atoms with Gasteiger partial charge in [-0.15, -0.1) is 0 Å². The number of amides is 2. The highest BCUT2D eigenvalue weighted by molar-refractivity contribution is 5.90. The van der Waals surface area contributed by atoms with Crippen LogP contribution >= 0.6 is 0 Å². The molecule has 0 radical (unpaired) electrons. The highest BCUT2D eigenvalue weighted by Gasteiger charge is 2.08. The fourth-order valence-electron chi connectivity index (χ4n) is 2.09. The second-order valence-electron chi connectivity index (χ2n) is 4.70. The topological polar surface area (TPSA) is 68.8 Å². The zero-order valence-corrected chi connectivity index (χ0v) is 13.4. The van der Waals surface area contributed by atoms with Gasteiger partial charge < -0.3 is 24.8 Å². The fourth-order valence-corrected chi connectivity index (χ4v) is 2.09. The van der Waals surface area contributed by atoms with Crippen molar-refractivity contribution in [2.24, 2.45) is 0 Å². The molecule has 2 N–H and O–H groups in total. The summed E-state index contributed by atoms with van der Waals surface area (Å²) >= 11 is 0. The second kappa shape index (κ2) is 7.93. The van der Waals surface area contributed by atoms with Crippen LogP contribution in [-0.4, -0.2) is 27.4 Å². The molecule has 0 fully saturated rings. The third-order valence-electron chi connectivity index (χ3n) is 3.26. The Hall–Kier alpha value is -2.89. The molecule has 0 saturated heterocycles. The number of hydrogen-bond donors (Lipinski definition) is 2. The maximum absolute atomic E-state index is 12.0. The van der Waals surface area contributed by atoms with Crippen LogP contribution in [0, 0.1) is 0 Å². The van der Waals surface area contributed by atoms with Crippen molar-refractivity contribution >= 4 is 11.7 Å². The number of nitrogens with one attached hydrogen (secondary N) is 2.